The second kappa shape index (κ2) is 17.3. The molecule has 6 heteroatoms. The molecule has 0 saturated carbocycles. The van der Waals surface area contributed by atoms with E-state index in [0.717, 1.165) is 38.7 Å². The zero-order valence-electron chi connectivity index (χ0n) is 16.7. The largest absolute Gasteiger partial charge is 0.380 e. The third kappa shape index (κ3) is 14.7. The summed E-state index contributed by atoms with van der Waals surface area (Å²) in [5, 5.41) is 6.69. The molecule has 0 atom stereocenters. The highest BCUT2D eigenvalue weighted by molar-refractivity contribution is 14.0. The van der Waals surface area contributed by atoms with Gasteiger partial charge in [0.05, 0.1) is 6.61 Å². The van der Waals surface area contributed by atoms with E-state index in [9.17, 15) is 0 Å². The van der Waals surface area contributed by atoms with Gasteiger partial charge in [0, 0.05) is 26.7 Å². The van der Waals surface area contributed by atoms with Gasteiger partial charge in [-0.25, -0.2) is 0 Å². The van der Waals surface area contributed by atoms with Gasteiger partial charge in [0.15, 0.2) is 5.96 Å². The number of rotatable bonds is 12. The molecule has 2 N–H and O–H groups in total. The first-order chi connectivity index (χ1) is 11.7. The Hall–Kier alpha value is -0.0800. The topological polar surface area (TPSA) is 48.9 Å². The van der Waals surface area contributed by atoms with Crippen LogP contribution in [0.1, 0.15) is 58.8 Å². The maximum atomic E-state index is 5.60. The van der Waals surface area contributed by atoms with E-state index in [0.29, 0.717) is 5.92 Å². The van der Waals surface area contributed by atoms with Gasteiger partial charge in [0.2, 0.25) is 0 Å². The third-order valence-electron chi connectivity index (χ3n) is 4.49. The Morgan fingerprint density at radius 1 is 1.00 bits per heavy atom. The van der Waals surface area contributed by atoms with Gasteiger partial charge in [0.1, 0.15) is 0 Å². The second-order valence-electron chi connectivity index (χ2n) is 7.18. The fraction of sp³-hybridized carbons (Fsp3) is 0.947. The predicted octanol–water partition coefficient (Wildman–Crippen LogP) is 3.49. The molecule has 1 heterocycles. The zero-order chi connectivity index (χ0) is 17.5. The van der Waals surface area contributed by atoms with E-state index in [1.54, 1.807) is 0 Å². The lowest BCUT2D eigenvalue weighted by atomic mass is 10.1. The number of guanidine groups is 1. The van der Waals surface area contributed by atoms with Crippen molar-refractivity contribution in [3.05, 3.63) is 0 Å². The molecule has 1 aliphatic rings. The van der Waals surface area contributed by atoms with E-state index in [1.807, 2.05) is 7.05 Å². The molecule has 0 aromatic rings. The lowest BCUT2D eigenvalue weighted by molar-refractivity contribution is 0.128. The molecule has 0 spiro atoms. The zero-order valence-corrected chi connectivity index (χ0v) is 19.0. The van der Waals surface area contributed by atoms with Gasteiger partial charge >= 0.3 is 0 Å². The minimum atomic E-state index is 0. The number of nitrogens with zero attached hydrogens (tertiary/aromatic N) is 2. The van der Waals surface area contributed by atoms with Crippen LogP contribution >= 0.6 is 24.0 Å². The maximum absolute atomic E-state index is 5.60. The summed E-state index contributed by atoms with van der Waals surface area (Å²) < 4.78 is 5.60. The molecule has 0 aromatic carbocycles. The molecule has 1 rings (SSSR count). The Labute approximate surface area is 172 Å². The van der Waals surface area contributed by atoms with Crippen LogP contribution in [0.5, 0.6) is 0 Å². The molecule has 0 amide bonds. The average Bonchev–Trinajstić information content (AvgIpc) is 2.59. The molecule has 0 aliphatic carbocycles. The fourth-order valence-electron chi connectivity index (χ4n) is 2.91. The van der Waals surface area contributed by atoms with Crippen LogP contribution in [0.15, 0.2) is 4.99 Å². The van der Waals surface area contributed by atoms with Crippen molar-refractivity contribution < 1.29 is 4.74 Å². The lowest BCUT2D eigenvalue weighted by Crippen LogP contribution is -2.39. The minimum absolute atomic E-state index is 0. The maximum Gasteiger partial charge on any atom is 0.191 e. The van der Waals surface area contributed by atoms with Gasteiger partial charge in [0.25, 0.3) is 0 Å². The molecule has 0 bridgehead atoms. The van der Waals surface area contributed by atoms with Crippen molar-refractivity contribution in [2.75, 3.05) is 53.0 Å². The number of hydrogen-bond acceptors (Lipinski definition) is 3. The van der Waals surface area contributed by atoms with Crippen LogP contribution in [0, 0.1) is 5.92 Å². The summed E-state index contributed by atoms with van der Waals surface area (Å²) in [7, 11) is 1.82. The number of hydrogen-bond donors (Lipinski definition) is 2. The monoisotopic (exact) mass is 468 g/mol. The van der Waals surface area contributed by atoms with E-state index in [1.165, 1.54) is 58.2 Å². The summed E-state index contributed by atoms with van der Waals surface area (Å²) in [6.45, 7) is 11.7. The van der Waals surface area contributed by atoms with Crippen LogP contribution in [-0.4, -0.2) is 63.8 Å². The lowest BCUT2D eigenvalue weighted by Gasteiger charge is -2.26. The molecule has 150 valence electrons. The van der Waals surface area contributed by atoms with Crippen LogP contribution in [0.25, 0.3) is 0 Å². The summed E-state index contributed by atoms with van der Waals surface area (Å²) in [6, 6.07) is 0. The number of nitrogens with one attached hydrogen (secondary N) is 2. The fourth-order valence-corrected chi connectivity index (χ4v) is 2.91. The molecule has 5 nitrogen and oxygen atoms in total. The Bertz CT molecular complexity index is 321. The van der Waals surface area contributed by atoms with Gasteiger partial charge in [-0.15, -0.1) is 24.0 Å². The molecule has 0 aromatic heterocycles. The summed E-state index contributed by atoms with van der Waals surface area (Å²) in [5.41, 5.74) is 0. The van der Waals surface area contributed by atoms with Crippen molar-refractivity contribution in [3.8, 4) is 0 Å². The molecule has 1 fully saturated rings. The van der Waals surface area contributed by atoms with Crippen molar-refractivity contribution in [3.63, 3.8) is 0 Å². The van der Waals surface area contributed by atoms with Crippen LogP contribution in [0.2, 0.25) is 0 Å². The van der Waals surface area contributed by atoms with Gasteiger partial charge in [-0.3, -0.25) is 4.99 Å². The summed E-state index contributed by atoms with van der Waals surface area (Å²) in [5.74, 6) is 1.60. The number of ether oxygens (including phenoxy) is 1. The van der Waals surface area contributed by atoms with Crippen LogP contribution in [0.4, 0.5) is 0 Å². The Kier molecular flexibility index (Phi) is 17.3. The molecular formula is C19H41IN4O. The smallest absolute Gasteiger partial charge is 0.191 e. The quantitative estimate of drug-likeness (QED) is 0.199. The highest BCUT2D eigenvalue weighted by atomic mass is 127. The van der Waals surface area contributed by atoms with E-state index in [2.05, 4.69) is 34.4 Å². The molecule has 1 saturated heterocycles. The molecule has 0 unspecified atom stereocenters. The number of unbranched alkanes of at least 4 members (excludes halogenated alkanes) is 2. The van der Waals surface area contributed by atoms with Gasteiger partial charge in [-0.2, -0.15) is 0 Å². The third-order valence-corrected chi connectivity index (χ3v) is 4.49. The standard InChI is InChI=1S/C19H40N4O.HI/c1-18(2)10-16-24-17-12-22-19(20-3)21-11-6-4-7-13-23-14-8-5-9-15-23;/h18H,4-17H2,1-3H3,(H2,20,21,22);1H. The van der Waals surface area contributed by atoms with Crippen molar-refractivity contribution >= 4 is 29.9 Å². The van der Waals surface area contributed by atoms with E-state index in [-0.39, 0.29) is 24.0 Å². The van der Waals surface area contributed by atoms with Gasteiger partial charge < -0.3 is 20.3 Å². The summed E-state index contributed by atoms with van der Waals surface area (Å²) >= 11 is 0. The second-order valence-corrected chi connectivity index (χ2v) is 7.18. The first-order valence-electron chi connectivity index (χ1n) is 9.97. The number of likely N-dealkylation sites (tertiary alicyclic amines) is 1. The highest BCUT2D eigenvalue weighted by Crippen LogP contribution is 2.09. The minimum Gasteiger partial charge on any atom is -0.380 e. The van der Waals surface area contributed by atoms with Crippen molar-refractivity contribution in [1.29, 1.82) is 0 Å². The van der Waals surface area contributed by atoms with Crippen molar-refractivity contribution in [2.45, 2.75) is 58.8 Å². The van der Waals surface area contributed by atoms with Crippen LogP contribution in [0.3, 0.4) is 0 Å². The Morgan fingerprint density at radius 3 is 2.40 bits per heavy atom. The first kappa shape index (κ1) is 24.9. The number of piperidine rings is 1. The number of halogens is 1. The van der Waals surface area contributed by atoms with Gasteiger partial charge in [-0.05, 0) is 57.7 Å². The first-order valence-corrected chi connectivity index (χ1v) is 9.97. The van der Waals surface area contributed by atoms with Gasteiger partial charge in [-0.1, -0.05) is 26.7 Å². The molecular weight excluding hydrogens is 427 g/mol. The van der Waals surface area contributed by atoms with E-state index < -0.39 is 0 Å². The van der Waals surface area contributed by atoms with Crippen molar-refractivity contribution in [2.24, 2.45) is 10.9 Å². The molecule has 25 heavy (non-hydrogen) atoms. The summed E-state index contributed by atoms with van der Waals surface area (Å²) in [4.78, 5) is 6.88. The highest BCUT2D eigenvalue weighted by Gasteiger charge is 2.08. The van der Waals surface area contributed by atoms with E-state index >= 15 is 0 Å². The average molecular weight is 468 g/mol. The van der Waals surface area contributed by atoms with Crippen molar-refractivity contribution in [1.82, 2.24) is 15.5 Å². The molecule has 1 aliphatic heterocycles. The summed E-state index contributed by atoms with van der Waals surface area (Å²) in [6.07, 6.45) is 9.16. The molecule has 0 radical (unpaired) electrons. The SMILES string of the molecule is CN=C(NCCCCCN1CCCCC1)NCCOCCC(C)C.I. The Morgan fingerprint density at radius 2 is 1.72 bits per heavy atom. The van der Waals surface area contributed by atoms with E-state index in [4.69, 9.17) is 4.74 Å². The Balaban J connectivity index is 0.00000576. The van der Waals surface area contributed by atoms with Crippen LogP contribution in [-0.2, 0) is 4.74 Å². The van der Waals surface area contributed by atoms with Crippen LogP contribution < -0.4 is 10.6 Å². The number of aliphatic imine (C=N–C) groups is 1. The predicted molar refractivity (Wildman–Crippen MR) is 119 cm³/mol. The normalized spacial score (nSPS) is 15.9.